The molecular formula is C42H40N2O2Si2. The van der Waals surface area contributed by atoms with E-state index < -0.39 is 16.1 Å². The lowest BCUT2D eigenvalue weighted by Gasteiger charge is -2.30. The lowest BCUT2D eigenvalue weighted by atomic mass is 10.1. The second-order valence-electron chi connectivity index (χ2n) is 14.2. The molecule has 238 valence electrons. The average Bonchev–Trinajstić information content (AvgIpc) is 3.68. The maximum atomic E-state index is 6.23. The number of hydrogen-bond donors (Lipinski definition) is 2. The SMILES string of the molecule is C[Si](C)(CC[Si](C)(C)c1ccc(Nc2cccc3c2oc2ccccc23)cc1)c1ccc(Nc2cccc3c2oc2ccccc23)cc1. The Morgan fingerprint density at radius 1 is 0.417 bits per heavy atom. The average molecular weight is 661 g/mol. The molecule has 0 aliphatic rings. The number of fused-ring (bicyclic) bond motifs is 6. The Hall–Kier alpha value is -5.05. The summed E-state index contributed by atoms with van der Waals surface area (Å²) in [5.74, 6) is 0. The highest BCUT2D eigenvalue weighted by Crippen LogP contribution is 2.36. The molecule has 8 rings (SSSR count). The largest absolute Gasteiger partial charge is 0.454 e. The topological polar surface area (TPSA) is 50.3 Å². The molecule has 0 unspecified atom stereocenters. The molecule has 0 spiro atoms. The van der Waals surface area contributed by atoms with Gasteiger partial charge >= 0.3 is 0 Å². The maximum Gasteiger partial charge on any atom is 0.158 e. The van der Waals surface area contributed by atoms with Gasteiger partial charge in [-0.3, -0.25) is 0 Å². The van der Waals surface area contributed by atoms with Gasteiger partial charge in [-0.25, -0.2) is 0 Å². The predicted octanol–water partition coefficient (Wildman–Crippen LogP) is 11.5. The Labute approximate surface area is 283 Å². The van der Waals surface area contributed by atoms with Crippen LogP contribution < -0.4 is 21.0 Å². The highest BCUT2D eigenvalue weighted by molar-refractivity contribution is 6.94. The summed E-state index contributed by atoms with van der Waals surface area (Å²) in [5, 5.41) is 14.8. The fourth-order valence-electron chi connectivity index (χ4n) is 6.93. The summed E-state index contributed by atoms with van der Waals surface area (Å²) in [7, 11) is -3.28. The molecule has 0 radical (unpaired) electrons. The number of para-hydroxylation sites is 4. The molecule has 0 bridgehead atoms. The maximum absolute atomic E-state index is 6.23. The number of hydrogen-bond acceptors (Lipinski definition) is 4. The molecule has 6 heteroatoms. The Bertz CT molecular complexity index is 2230. The van der Waals surface area contributed by atoms with Gasteiger partial charge < -0.3 is 19.5 Å². The molecule has 0 saturated carbocycles. The molecule has 0 amide bonds. The molecule has 2 heterocycles. The summed E-state index contributed by atoms with van der Waals surface area (Å²) in [6, 6.07) is 49.9. The second kappa shape index (κ2) is 11.9. The second-order valence-corrected chi connectivity index (χ2v) is 23.9. The number of benzene rings is 6. The van der Waals surface area contributed by atoms with Gasteiger partial charge in [0, 0.05) is 32.9 Å². The molecular weight excluding hydrogens is 621 g/mol. The van der Waals surface area contributed by atoms with Crippen molar-refractivity contribution in [2.45, 2.75) is 38.3 Å². The van der Waals surface area contributed by atoms with E-state index in [0.29, 0.717) is 0 Å². The molecule has 2 N–H and O–H groups in total. The number of nitrogens with one attached hydrogen (secondary N) is 2. The molecule has 4 nitrogen and oxygen atoms in total. The minimum atomic E-state index is -1.64. The fraction of sp³-hybridized carbons (Fsp3) is 0.143. The van der Waals surface area contributed by atoms with Gasteiger partial charge in [-0.1, -0.05) is 134 Å². The van der Waals surface area contributed by atoms with E-state index in [0.717, 1.165) is 66.6 Å². The van der Waals surface area contributed by atoms with E-state index in [4.69, 9.17) is 8.83 Å². The van der Waals surface area contributed by atoms with Crippen molar-refractivity contribution in [3.63, 3.8) is 0 Å². The first-order valence-corrected chi connectivity index (χ1v) is 23.2. The predicted molar refractivity (Wildman–Crippen MR) is 211 cm³/mol. The third-order valence-electron chi connectivity index (χ3n) is 10.1. The zero-order chi connectivity index (χ0) is 32.9. The zero-order valence-electron chi connectivity index (χ0n) is 27.9. The molecule has 0 aliphatic carbocycles. The van der Waals surface area contributed by atoms with Crippen LogP contribution in [-0.2, 0) is 0 Å². The zero-order valence-corrected chi connectivity index (χ0v) is 29.9. The smallest absolute Gasteiger partial charge is 0.158 e. The lowest BCUT2D eigenvalue weighted by molar-refractivity contribution is 0.670. The van der Waals surface area contributed by atoms with Gasteiger partial charge in [-0.15, -0.1) is 0 Å². The van der Waals surface area contributed by atoms with Crippen molar-refractivity contribution in [3.05, 3.63) is 133 Å². The van der Waals surface area contributed by atoms with E-state index in [1.807, 2.05) is 24.3 Å². The van der Waals surface area contributed by atoms with Crippen molar-refractivity contribution in [1.29, 1.82) is 0 Å². The number of anilines is 4. The highest BCUT2D eigenvalue weighted by atomic mass is 28.3. The van der Waals surface area contributed by atoms with Crippen molar-refractivity contribution < 1.29 is 8.83 Å². The van der Waals surface area contributed by atoms with Crippen LogP contribution in [-0.4, -0.2) is 16.1 Å². The van der Waals surface area contributed by atoms with E-state index in [-0.39, 0.29) is 0 Å². The van der Waals surface area contributed by atoms with Gasteiger partial charge in [0.05, 0.1) is 27.5 Å². The van der Waals surface area contributed by atoms with Crippen LogP contribution in [0, 0.1) is 0 Å². The Kier molecular flexibility index (Phi) is 7.50. The summed E-state index contributed by atoms with van der Waals surface area (Å²) in [5.41, 5.74) is 7.78. The van der Waals surface area contributed by atoms with E-state index in [1.54, 1.807) is 0 Å². The van der Waals surface area contributed by atoms with Crippen LogP contribution >= 0.6 is 0 Å². The standard InChI is InChI=1S/C42H40N2O2Si2/c1-47(2,31-23-19-29(20-24-31)43-37-15-9-13-35-33-11-5-7-17-39(33)45-41(35)37)27-28-48(3,4)32-25-21-30(22-26-32)44-38-16-10-14-36-34-12-6-8-18-40(34)46-42(36)38/h5-26,43-44H,27-28H2,1-4H3. The first-order valence-electron chi connectivity index (χ1n) is 16.8. The van der Waals surface area contributed by atoms with E-state index in [9.17, 15) is 0 Å². The molecule has 48 heavy (non-hydrogen) atoms. The minimum Gasteiger partial charge on any atom is -0.454 e. The van der Waals surface area contributed by atoms with Crippen LogP contribution in [0.2, 0.25) is 38.3 Å². The lowest BCUT2D eigenvalue weighted by Crippen LogP contribution is -2.47. The summed E-state index contributed by atoms with van der Waals surface area (Å²) >= 11 is 0. The molecule has 0 fully saturated rings. The Morgan fingerprint density at radius 3 is 1.21 bits per heavy atom. The van der Waals surface area contributed by atoms with E-state index in [2.05, 4.69) is 146 Å². The van der Waals surface area contributed by atoms with Crippen LogP contribution in [0.15, 0.2) is 142 Å². The van der Waals surface area contributed by atoms with Gasteiger partial charge in [-0.2, -0.15) is 0 Å². The van der Waals surface area contributed by atoms with Crippen molar-refractivity contribution in [2.75, 3.05) is 10.6 Å². The molecule has 8 aromatic rings. The first-order chi connectivity index (χ1) is 23.2. The summed E-state index contributed by atoms with van der Waals surface area (Å²) in [6.45, 7) is 10.1. The normalized spacial score (nSPS) is 12.3. The summed E-state index contributed by atoms with van der Waals surface area (Å²) in [6.07, 6.45) is 0. The van der Waals surface area contributed by atoms with Crippen LogP contribution in [0.4, 0.5) is 22.7 Å². The highest BCUT2D eigenvalue weighted by Gasteiger charge is 2.30. The number of furan rings is 2. The molecule has 0 saturated heterocycles. The third-order valence-corrected chi connectivity index (χ3v) is 17.4. The van der Waals surface area contributed by atoms with Crippen molar-refractivity contribution >= 4 is 93.1 Å². The van der Waals surface area contributed by atoms with Crippen LogP contribution in [0.25, 0.3) is 43.9 Å². The van der Waals surface area contributed by atoms with Crippen molar-refractivity contribution in [3.8, 4) is 0 Å². The van der Waals surface area contributed by atoms with Gasteiger partial charge in [0.2, 0.25) is 0 Å². The van der Waals surface area contributed by atoms with Crippen molar-refractivity contribution in [2.24, 2.45) is 0 Å². The summed E-state index contributed by atoms with van der Waals surface area (Å²) < 4.78 is 12.5. The van der Waals surface area contributed by atoms with Crippen LogP contribution in [0.5, 0.6) is 0 Å². The minimum absolute atomic E-state index is 0.900. The molecule has 2 aromatic heterocycles. The van der Waals surface area contributed by atoms with Crippen molar-refractivity contribution in [1.82, 2.24) is 0 Å². The Morgan fingerprint density at radius 2 is 0.792 bits per heavy atom. The van der Waals surface area contributed by atoms with Gasteiger partial charge in [0.1, 0.15) is 11.2 Å². The Balaban J connectivity index is 0.934. The first kappa shape index (κ1) is 30.3. The van der Waals surface area contributed by atoms with Crippen LogP contribution in [0.3, 0.4) is 0 Å². The third kappa shape index (κ3) is 5.61. The van der Waals surface area contributed by atoms with Gasteiger partial charge in [0.15, 0.2) is 11.2 Å². The quantitative estimate of drug-likeness (QED) is 0.151. The monoisotopic (exact) mass is 660 g/mol. The molecule has 0 atom stereocenters. The van der Waals surface area contributed by atoms with Gasteiger partial charge in [-0.05, 0) is 48.5 Å². The summed E-state index contributed by atoms with van der Waals surface area (Å²) in [4.78, 5) is 0. The van der Waals surface area contributed by atoms with Crippen LogP contribution in [0.1, 0.15) is 0 Å². The van der Waals surface area contributed by atoms with Gasteiger partial charge in [0.25, 0.3) is 0 Å². The molecule has 0 aliphatic heterocycles. The van der Waals surface area contributed by atoms with E-state index in [1.165, 1.54) is 22.5 Å². The fourth-order valence-corrected chi connectivity index (χ4v) is 14.6. The molecule has 6 aromatic carbocycles. The number of rotatable bonds is 9. The van der Waals surface area contributed by atoms with E-state index >= 15 is 0 Å².